The highest BCUT2D eigenvalue weighted by molar-refractivity contribution is 7.81. The molecular formula is C13H13N3OS2. The average Bonchev–Trinajstić information content (AvgIpc) is 2.69. The number of nitrogen functional groups attached to an aromatic ring is 1. The number of benzene rings is 1. The first-order valence-corrected chi connectivity index (χ1v) is 6.91. The fourth-order valence-electron chi connectivity index (χ4n) is 2.61. The number of rotatable bonds is 1. The van der Waals surface area contributed by atoms with Crippen LogP contribution in [0.1, 0.15) is 24.0 Å². The molecule has 2 heterocycles. The molecule has 19 heavy (non-hydrogen) atoms. The maximum Gasteiger partial charge on any atom is 0.224 e. The molecule has 1 aromatic carbocycles. The molecule has 1 aromatic rings. The normalized spacial score (nSPS) is 22.4. The molecule has 98 valence electrons. The molecule has 2 aliphatic rings. The Hall–Kier alpha value is -1.53. The third kappa shape index (κ3) is 2.01. The van der Waals surface area contributed by atoms with Crippen LogP contribution in [0.3, 0.4) is 0 Å². The number of hydrogen-bond acceptors (Lipinski definition) is 4. The molecule has 3 rings (SSSR count). The first kappa shape index (κ1) is 12.5. The van der Waals surface area contributed by atoms with E-state index < -0.39 is 0 Å². The van der Waals surface area contributed by atoms with Crippen molar-refractivity contribution in [2.24, 2.45) is 0 Å². The first-order chi connectivity index (χ1) is 9.08. The van der Waals surface area contributed by atoms with E-state index in [4.69, 9.17) is 30.2 Å². The van der Waals surface area contributed by atoms with E-state index in [1.165, 1.54) is 0 Å². The van der Waals surface area contributed by atoms with Gasteiger partial charge in [-0.3, -0.25) is 4.79 Å². The highest BCUT2D eigenvalue weighted by atomic mass is 32.1. The van der Waals surface area contributed by atoms with E-state index in [0.29, 0.717) is 24.4 Å². The molecule has 1 saturated heterocycles. The summed E-state index contributed by atoms with van der Waals surface area (Å²) in [4.78, 5) is 14.7. The predicted octanol–water partition coefficient (Wildman–Crippen LogP) is 1.37. The topological polar surface area (TPSA) is 58.4 Å². The lowest BCUT2D eigenvalue weighted by Gasteiger charge is -2.33. The molecule has 0 saturated carbocycles. The standard InChI is InChI=1S/C13H13N3OS2/c14-9-3-1-2-7-8(9)6-16(13(7)19)10-4-5-11(17)15-12(10)18/h1-3,10H,4-6,14H2,(H,15,17,18). The van der Waals surface area contributed by atoms with Crippen molar-refractivity contribution in [1.82, 2.24) is 10.2 Å². The van der Waals surface area contributed by atoms with Gasteiger partial charge in [0.05, 0.1) is 6.04 Å². The van der Waals surface area contributed by atoms with E-state index in [2.05, 4.69) is 10.2 Å². The van der Waals surface area contributed by atoms with Gasteiger partial charge in [0.2, 0.25) is 5.91 Å². The molecule has 2 aliphatic heterocycles. The van der Waals surface area contributed by atoms with Crippen LogP contribution in [-0.4, -0.2) is 26.8 Å². The minimum atomic E-state index is -0.0107. The smallest absolute Gasteiger partial charge is 0.224 e. The van der Waals surface area contributed by atoms with Crippen LogP contribution in [-0.2, 0) is 11.3 Å². The Morgan fingerprint density at radius 2 is 2.16 bits per heavy atom. The van der Waals surface area contributed by atoms with Crippen LogP contribution in [0.15, 0.2) is 18.2 Å². The number of nitrogens with one attached hydrogen (secondary N) is 1. The summed E-state index contributed by atoms with van der Waals surface area (Å²) in [5.41, 5.74) is 8.82. The van der Waals surface area contributed by atoms with E-state index >= 15 is 0 Å². The molecule has 1 fully saturated rings. The Kier molecular flexibility index (Phi) is 2.99. The van der Waals surface area contributed by atoms with E-state index in [1.54, 1.807) is 0 Å². The summed E-state index contributed by atoms with van der Waals surface area (Å²) in [6, 6.07) is 5.77. The molecule has 0 radical (unpaired) electrons. The zero-order valence-electron chi connectivity index (χ0n) is 10.2. The Labute approximate surface area is 122 Å². The monoisotopic (exact) mass is 291 g/mol. The van der Waals surface area contributed by atoms with Gasteiger partial charge in [0, 0.05) is 29.8 Å². The van der Waals surface area contributed by atoms with Gasteiger partial charge in [-0.05, 0) is 12.5 Å². The maximum absolute atomic E-state index is 11.3. The van der Waals surface area contributed by atoms with Crippen LogP contribution in [0.4, 0.5) is 5.69 Å². The Morgan fingerprint density at radius 1 is 1.37 bits per heavy atom. The lowest BCUT2D eigenvalue weighted by Crippen LogP contribution is -2.51. The molecule has 6 heteroatoms. The number of hydrogen-bond donors (Lipinski definition) is 2. The number of piperidine rings is 1. The molecule has 1 unspecified atom stereocenters. The minimum absolute atomic E-state index is 0.00741. The molecule has 0 bridgehead atoms. The summed E-state index contributed by atoms with van der Waals surface area (Å²) in [6.45, 7) is 0.668. The second-order valence-electron chi connectivity index (χ2n) is 4.77. The second kappa shape index (κ2) is 4.54. The van der Waals surface area contributed by atoms with E-state index in [9.17, 15) is 4.79 Å². The molecule has 0 spiro atoms. The average molecular weight is 291 g/mol. The molecular weight excluding hydrogens is 278 g/mol. The van der Waals surface area contributed by atoms with Gasteiger partial charge in [0.15, 0.2) is 0 Å². The van der Waals surface area contributed by atoms with Gasteiger partial charge in [-0.15, -0.1) is 0 Å². The number of carbonyl (C=O) groups is 1. The molecule has 1 amide bonds. The van der Waals surface area contributed by atoms with Gasteiger partial charge >= 0.3 is 0 Å². The zero-order chi connectivity index (χ0) is 13.6. The number of anilines is 1. The highest BCUT2D eigenvalue weighted by Gasteiger charge is 2.35. The zero-order valence-corrected chi connectivity index (χ0v) is 11.8. The summed E-state index contributed by atoms with van der Waals surface area (Å²) < 4.78 is 0. The van der Waals surface area contributed by atoms with Gasteiger partial charge in [-0.1, -0.05) is 36.6 Å². The largest absolute Gasteiger partial charge is 0.398 e. The summed E-state index contributed by atoms with van der Waals surface area (Å²) in [6.07, 6.45) is 1.19. The molecule has 0 aromatic heterocycles. The van der Waals surface area contributed by atoms with Crippen molar-refractivity contribution < 1.29 is 4.79 Å². The number of nitrogens with zero attached hydrogens (tertiary/aromatic N) is 1. The van der Waals surface area contributed by atoms with Gasteiger partial charge in [-0.25, -0.2) is 0 Å². The van der Waals surface area contributed by atoms with Crippen LogP contribution in [0.2, 0.25) is 0 Å². The van der Waals surface area contributed by atoms with Crippen LogP contribution in [0, 0.1) is 0 Å². The van der Waals surface area contributed by atoms with Crippen molar-refractivity contribution in [3.63, 3.8) is 0 Å². The molecule has 4 nitrogen and oxygen atoms in total. The Morgan fingerprint density at radius 3 is 2.84 bits per heavy atom. The van der Waals surface area contributed by atoms with Crippen molar-refractivity contribution in [1.29, 1.82) is 0 Å². The van der Waals surface area contributed by atoms with Crippen LogP contribution in [0.25, 0.3) is 0 Å². The SMILES string of the molecule is Nc1cccc2c1CN(C1CCC(=O)NC1=S)C2=S. The van der Waals surface area contributed by atoms with Gasteiger partial charge < -0.3 is 16.0 Å². The number of fused-ring (bicyclic) bond motifs is 1. The van der Waals surface area contributed by atoms with E-state index in [1.807, 2.05) is 18.2 Å². The van der Waals surface area contributed by atoms with Gasteiger partial charge in [-0.2, -0.15) is 0 Å². The number of thiocarbonyl (C=S) groups is 2. The molecule has 1 atom stereocenters. The fraction of sp³-hybridized carbons (Fsp3) is 0.308. The lowest BCUT2D eigenvalue weighted by atomic mass is 10.1. The number of carbonyl (C=O) groups excluding carboxylic acids is 1. The van der Waals surface area contributed by atoms with Crippen molar-refractivity contribution in [2.75, 3.05) is 5.73 Å². The highest BCUT2D eigenvalue weighted by Crippen LogP contribution is 2.31. The Bertz CT molecular complexity index is 600. The third-order valence-electron chi connectivity index (χ3n) is 3.62. The van der Waals surface area contributed by atoms with Crippen molar-refractivity contribution >= 4 is 46.0 Å². The first-order valence-electron chi connectivity index (χ1n) is 6.10. The van der Waals surface area contributed by atoms with E-state index in [-0.39, 0.29) is 11.9 Å². The summed E-state index contributed by atoms with van der Waals surface area (Å²) >= 11 is 10.8. The van der Waals surface area contributed by atoms with Crippen molar-refractivity contribution in [3.8, 4) is 0 Å². The van der Waals surface area contributed by atoms with Crippen molar-refractivity contribution in [3.05, 3.63) is 29.3 Å². The maximum atomic E-state index is 11.3. The summed E-state index contributed by atoms with van der Waals surface area (Å²) in [5.74, 6) is -0.0107. The number of nitrogens with two attached hydrogens (primary N) is 1. The Balaban J connectivity index is 1.90. The van der Waals surface area contributed by atoms with Gasteiger partial charge in [0.1, 0.15) is 9.98 Å². The van der Waals surface area contributed by atoms with Crippen LogP contribution in [0.5, 0.6) is 0 Å². The van der Waals surface area contributed by atoms with Crippen LogP contribution >= 0.6 is 24.4 Å². The van der Waals surface area contributed by atoms with Crippen molar-refractivity contribution in [2.45, 2.75) is 25.4 Å². The lowest BCUT2D eigenvalue weighted by molar-refractivity contribution is -0.120. The quantitative estimate of drug-likeness (QED) is 0.604. The predicted molar refractivity (Wildman–Crippen MR) is 81.9 cm³/mol. The summed E-state index contributed by atoms with van der Waals surface area (Å²) in [7, 11) is 0. The van der Waals surface area contributed by atoms with Crippen LogP contribution < -0.4 is 11.1 Å². The number of amides is 1. The third-order valence-corrected chi connectivity index (χ3v) is 4.45. The second-order valence-corrected chi connectivity index (χ2v) is 5.60. The fourth-order valence-corrected chi connectivity index (χ4v) is 3.35. The summed E-state index contributed by atoms with van der Waals surface area (Å²) in [5, 5.41) is 2.73. The minimum Gasteiger partial charge on any atom is -0.398 e. The molecule has 3 N–H and O–H groups in total. The molecule has 0 aliphatic carbocycles. The van der Waals surface area contributed by atoms with E-state index in [0.717, 1.165) is 21.8 Å². The van der Waals surface area contributed by atoms with Gasteiger partial charge in [0.25, 0.3) is 0 Å².